The fourth-order valence-corrected chi connectivity index (χ4v) is 2.36. The summed E-state index contributed by atoms with van der Waals surface area (Å²) in [7, 11) is 0. The number of aliphatic hydroxyl groups excluding tert-OH is 1. The molecule has 0 bridgehead atoms. The molecule has 0 aliphatic rings. The van der Waals surface area contributed by atoms with Gasteiger partial charge in [-0.15, -0.1) is 0 Å². The van der Waals surface area contributed by atoms with E-state index in [1.54, 1.807) is 41.6 Å². The third-order valence-corrected chi connectivity index (χ3v) is 3.66. The van der Waals surface area contributed by atoms with Gasteiger partial charge in [0.2, 0.25) is 0 Å². The lowest BCUT2D eigenvalue weighted by Crippen LogP contribution is -2.25. The van der Waals surface area contributed by atoms with E-state index in [0.29, 0.717) is 24.3 Å². The van der Waals surface area contributed by atoms with Gasteiger partial charge in [-0.1, -0.05) is 30.3 Å². The fourth-order valence-electron chi connectivity index (χ4n) is 2.36. The van der Waals surface area contributed by atoms with Crippen molar-refractivity contribution in [2.75, 3.05) is 6.54 Å². The number of carbonyl (C=O) groups is 1. The highest BCUT2D eigenvalue weighted by molar-refractivity contribution is 5.94. The lowest BCUT2D eigenvalue weighted by molar-refractivity contribution is 0.0942. The van der Waals surface area contributed by atoms with Gasteiger partial charge in [-0.05, 0) is 24.1 Å². The molecular formula is C18H18N4O2. The monoisotopic (exact) mass is 322 g/mol. The Morgan fingerprint density at radius 3 is 2.79 bits per heavy atom. The Kier molecular flexibility index (Phi) is 4.98. The molecule has 1 atom stereocenters. The molecule has 0 saturated carbocycles. The van der Waals surface area contributed by atoms with E-state index in [1.807, 2.05) is 30.3 Å². The topological polar surface area (TPSA) is 80.0 Å². The maximum atomic E-state index is 12.2. The molecule has 3 aromatic rings. The average molecular weight is 322 g/mol. The number of rotatable bonds is 6. The molecule has 0 aliphatic heterocycles. The predicted molar refractivity (Wildman–Crippen MR) is 89.7 cm³/mol. The van der Waals surface area contributed by atoms with E-state index in [-0.39, 0.29) is 5.91 Å². The summed E-state index contributed by atoms with van der Waals surface area (Å²) in [6.45, 7) is 0.387. The minimum Gasteiger partial charge on any atom is -0.388 e. The highest BCUT2D eigenvalue weighted by Crippen LogP contribution is 2.15. The maximum absolute atomic E-state index is 12.2. The number of aliphatic hydroxyl groups is 1. The molecule has 3 rings (SSSR count). The van der Waals surface area contributed by atoms with Crippen LogP contribution in [0.2, 0.25) is 0 Å². The molecule has 0 aliphatic carbocycles. The molecular weight excluding hydrogens is 304 g/mol. The summed E-state index contributed by atoms with van der Waals surface area (Å²) in [6, 6.07) is 12.8. The number of hydrogen-bond acceptors (Lipinski definition) is 4. The molecule has 2 heterocycles. The van der Waals surface area contributed by atoms with Crippen LogP contribution in [0.3, 0.4) is 0 Å². The second-order valence-electron chi connectivity index (χ2n) is 5.34. The van der Waals surface area contributed by atoms with Crippen LogP contribution in [-0.4, -0.2) is 32.1 Å². The molecule has 0 spiro atoms. The zero-order valence-corrected chi connectivity index (χ0v) is 13.0. The second kappa shape index (κ2) is 7.52. The third-order valence-electron chi connectivity index (χ3n) is 3.66. The molecule has 24 heavy (non-hydrogen) atoms. The van der Waals surface area contributed by atoms with Crippen molar-refractivity contribution in [3.8, 4) is 5.82 Å². The number of benzene rings is 1. The number of imidazole rings is 1. The standard InChI is InChI=1S/C18H18N4O2/c23-16(14-4-2-1-3-5-14)7-9-21-18(24)15-6-8-20-17(12-15)22-11-10-19-13-22/h1-6,8,10-13,16,23H,7,9H2,(H,21,24). The van der Waals surface area contributed by atoms with Crippen molar-refractivity contribution in [2.24, 2.45) is 0 Å². The predicted octanol–water partition coefficient (Wildman–Crippen LogP) is 2.12. The summed E-state index contributed by atoms with van der Waals surface area (Å²) in [5.41, 5.74) is 1.36. The number of hydrogen-bond donors (Lipinski definition) is 2. The molecule has 2 N–H and O–H groups in total. The molecule has 1 unspecified atom stereocenters. The zero-order chi connectivity index (χ0) is 16.8. The van der Waals surface area contributed by atoms with Crippen molar-refractivity contribution >= 4 is 5.91 Å². The molecule has 2 aromatic heterocycles. The molecule has 0 fully saturated rings. The van der Waals surface area contributed by atoms with Crippen LogP contribution in [-0.2, 0) is 0 Å². The summed E-state index contributed by atoms with van der Waals surface area (Å²) in [4.78, 5) is 20.4. The van der Waals surface area contributed by atoms with Crippen molar-refractivity contribution in [3.05, 3.63) is 78.5 Å². The summed E-state index contributed by atoms with van der Waals surface area (Å²) >= 11 is 0. The number of amides is 1. The number of carbonyl (C=O) groups excluding carboxylic acids is 1. The highest BCUT2D eigenvalue weighted by atomic mass is 16.3. The Morgan fingerprint density at radius 2 is 2.04 bits per heavy atom. The molecule has 122 valence electrons. The van der Waals surface area contributed by atoms with Gasteiger partial charge in [-0.3, -0.25) is 9.36 Å². The molecule has 1 amide bonds. The third kappa shape index (κ3) is 3.85. The summed E-state index contributed by atoms with van der Waals surface area (Å²) in [5, 5.41) is 12.9. The quantitative estimate of drug-likeness (QED) is 0.728. The minimum absolute atomic E-state index is 0.195. The van der Waals surface area contributed by atoms with Crippen molar-refractivity contribution in [1.82, 2.24) is 19.9 Å². The van der Waals surface area contributed by atoms with Gasteiger partial charge < -0.3 is 10.4 Å². The Hall–Kier alpha value is -2.99. The molecule has 0 radical (unpaired) electrons. The van der Waals surface area contributed by atoms with Gasteiger partial charge in [-0.2, -0.15) is 0 Å². The van der Waals surface area contributed by atoms with Crippen molar-refractivity contribution < 1.29 is 9.90 Å². The molecule has 6 heteroatoms. The SMILES string of the molecule is O=C(NCCC(O)c1ccccc1)c1ccnc(-n2ccnc2)c1. The van der Waals surface area contributed by atoms with Gasteiger partial charge in [0, 0.05) is 30.7 Å². The summed E-state index contributed by atoms with van der Waals surface area (Å²) < 4.78 is 1.73. The van der Waals surface area contributed by atoms with Crippen molar-refractivity contribution in [1.29, 1.82) is 0 Å². The first-order chi connectivity index (χ1) is 11.7. The number of pyridine rings is 1. The average Bonchev–Trinajstić information content (AvgIpc) is 3.17. The van der Waals surface area contributed by atoms with Crippen LogP contribution < -0.4 is 5.32 Å². The van der Waals surface area contributed by atoms with Crippen LogP contribution in [0.4, 0.5) is 0 Å². The van der Waals surface area contributed by atoms with Crippen molar-refractivity contribution in [3.63, 3.8) is 0 Å². The Morgan fingerprint density at radius 1 is 1.21 bits per heavy atom. The van der Waals surface area contributed by atoms with Gasteiger partial charge in [0.25, 0.3) is 5.91 Å². The first-order valence-corrected chi connectivity index (χ1v) is 7.69. The van der Waals surface area contributed by atoms with Gasteiger partial charge in [0.1, 0.15) is 12.1 Å². The van der Waals surface area contributed by atoms with E-state index >= 15 is 0 Å². The van der Waals surface area contributed by atoms with E-state index in [4.69, 9.17) is 0 Å². The normalized spacial score (nSPS) is 11.9. The van der Waals surface area contributed by atoms with Crippen LogP contribution in [0.15, 0.2) is 67.4 Å². The fraction of sp³-hybridized carbons (Fsp3) is 0.167. The van der Waals surface area contributed by atoms with E-state index in [0.717, 1.165) is 5.56 Å². The Bertz CT molecular complexity index is 788. The largest absolute Gasteiger partial charge is 0.388 e. The van der Waals surface area contributed by atoms with Crippen LogP contribution in [0.25, 0.3) is 5.82 Å². The van der Waals surface area contributed by atoms with E-state index in [2.05, 4.69) is 15.3 Å². The van der Waals surface area contributed by atoms with Crippen molar-refractivity contribution in [2.45, 2.75) is 12.5 Å². The first-order valence-electron chi connectivity index (χ1n) is 7.69. The van der Waals surface area contributed by atoms with Crippen LogP contribution >= 0.6 is 0 Å². The lowest BCUT2D eigenvalue weighted by atomic mass is 10.1. The van der Waals surface area contributed by atoms with Gasteiger partial charge in [-0.25, -0.2) is 9.97 Å². The van der Waals surface area contributed by atoms with Crippen LogP contribution in [0.1, 0.15) is 28.4 Å². The van der Waals surface area contributed by atoms with Crippen LogP contribution in [0, 0.1) is 0 Å². The number of nitrogens with zero attached hydrogens (tertiary/aromatic N) is 3. The zero-order valence-electron chi connectivity index (χ0n) is 13.0. The number of nitrogens with one attached hydrogen (secondary N) is 1. The molecule has 0 saturated heterocycles. The first kappa shape index (κ1) is 15.9. The van der Waals surface area contributed by atoms with Gasteiger partial charge in [0.15, 0.2) is 0 Å². The Balaban J connectivity index is 1.57. The van der Waals surface area contributed by atoms with E-state index in [1.165, 1.54) is 0 Å². The molecule has 6 nitrogen and oxygen atoms in total. The second-order valence-corrected chi connectivity index (χ2v) is 5.34. The van der Waals surface area contributed by atoms with Crippen LogP contribution in [0.5, 0.6) is 0 Å². The minimum atomic E-state index is -0.592. The number of aromatic nitrogens is 3. The summed E-state index contributed by atoms with van der Waals surface area (Å²) in [5.74, 6) is 0.434. The van der Waals surface area contributed by atoms with E-state index in [9.17, 15) is 9.90 Å². The highest BCUT2D eigenvalue weighted by Gasteiger charge is 2.10. The summed E-state index contributed by atoms with van der Waals surface area (Å²) in [6.07, 6.45) is 6.49. The lowest BCUT2D eigenvalue weighted by Gasteiger charge is -2.12. The maximum Gasteiger partial charge on any atom is 0.251 e. The van der Waals surface area contributed by atoms with Gasteiger partial charge in [0.05, 0.1) is 6.10 Å². The smallest absolute Gasteiger partial charge is 0.251 e. The van der Waals surface area contributed by atoms with E-state index < -0.39 is 6.10 Å². The molecule has 1 aromatic carbocycles. The van der Waals surface area contributed by atoms with Gasteiger partial charge >= 0.3 is 0 Å². The Labute approximate surface area is 139 Å².